The number of hydrogen-bond donors (Lipinski definition) is 1. The van der Waals surface area contributed by atoms with Gasteiger partial charge in [-0.1, -0.05) is 72.6 Å². The third-order valence-electron chi connectivity index (χ3n) is 5.32. The van der Waals surface area contributed by atoms with E-state index in [0.717, 1.165) is 12.8 Å². The van der Waals surface area contributed by atoms with E-state index < -0.39 is 0 Å². The van der Waals surface area contributed by atoms with E-state index in [1.807, 2.05) is 0 Å². The van der Waals surface area contributed by atoms with Gasteiger partial charge in [-0.05, 0) is 32.1 Å². The van der Waals surface area contributed by atoms with E-state index in [4.69, 9.17) is 4.74 Å². The lowest BCUT2D eigenvalue weighted by molar-refractivity contribution is -0.135. The fourth-order valence-electron chi connectivity index (χ4n) is 3.54. The Morgan fingerprint density at radius 2 is 1.62 bits per heavy atom. The van der Waals surface area contributed by atoms with Crippen LogP contribution in [-0.4, -0.2) is 23.7 Å². The number of nitrogens with one attached hydrogen (secondary N) is 1. The molecular formula is C21H41NO2. The summed E-state index contributed by atoms with van der Waals surface area (Å²) in [5, 5.41) is 3.08. The standard InChI is InChI=1S/C21H41NO2/c1-7-8-9-10-11-12-13-14-18(20(2,3)4)24-21(5,6)17-15-16-19(23)22-17/h17-18H,7-16H2,1-6H3,(H,22,23)/t17-,18?/m0/s1. The second-order valence-corrected chi connectivity index (χ2v) is 9.14. The van der Waals surface area contributed by atoms with Gasteiger partial charge >= 0.3 is 0 Å². The fraction of sp³-hybridized carbons (Fsp3) is 0.952. The molecule has 1 aliphatic heterocycles. The second-order valence-electron chi connectivity index (χ2n) is 9.14. The number of rotatable bonds is 11. The summed E-state index contributed by atoms with van der Waals surface area (Å²) in [6.45, 7) is 13.3. The summed E-state index contributed by atoms with van der Waals surface area (Å²) in [5.74, 6) is 0.163. The Balaban J connectivity index is 2.43. The van der Waals surface area contributed by atoms with Crippen molar-refractivity contribution in [1.29, 1.82) is 0 Å². The molecular weight excluding hydrogens is 298 g/mol. The van der Waals surface area contributed by atoms with Crippen molar-refractivity contribution in [1.82, 2.24) is 5.32 Å². The maximum absolute atomic E-state index is 11.5. The first kappa shape index (κ1) is 21.5. The van der Waals surface area contributed by atoms with E-state index >= 15 is 0 Å². The molecule has 1 aliphatic rings. The number of amides is 1. The third kappa shape index (κ3) is 7.55. The molecule has 1 N–H and O–H groups in total. The van der Waals surface area contributed by atoms with Gasteiger partial charge in [0.25, 0.3) is 0 Å². The average Bonchev–Trinajstić information content (AvgIpc) is 2.91. The maximum Gasteiger partial charge on any atom is 0.220 e. The molecule has 0 radical (unpaired) electrons. The van der Waals surface area contributed by atoms with Crippen molar-refractivity contribution in [3.8, 4) is 0 Å². The van der Waals surface area contributed by atoms with Crippen molar-refractivity contribution < 1.29 is 9.53 Å². The number of carbonyl (C=O) groups excluding carboxylic acids is 1. The zero-order valence-corrected chi connectivity index (χ0v) is 17.0. The van der Waals surface area contributed by atoms with E-state index in [1.54, 1.807) is 0 Å². The molecule has 0 spiro atoms. The van der Waals surface area contributed by atoms with Crippen LogP contribution in [0.4, 0.5) is 0 Å². The monoisotopic (exact) mass is 339 g/mol. The molecule has 142 valence electrons. The van der Waals surface area contributed by atoms with Gasteiger partial charge in [-0.2, -0.15) is 0 Å². The number of unbranched alkanes of at least 4 members (excludes halogenated alkanes) is 6. The Bertz CT molecular complexity index is 371. The maximum atomic E-state index is 11.5. The van der Waals surface area contributed by atoms with Gasteiger partial charge in [0.15, 0.2) is 0 Å². The highest BCUT2D eigenvalue weighted by Crippen LogP contribution is 2.33. The Labute approximate surface area is 150 Å². The van der Waals surface area contributed by atoms with Crippen molar-refractivity contribution in [3.63, 3.8) is 0 Å². The third-order valence-corrected chi connectivity index (χ3v) is 5.32. The fourth-order valence-corrected chi connectivity index (χ4v) is 3.54. The first-order valence-electron chi connectivity index (χ1n) is 10.1. The Hall–Kier alpha value is -0.570. The van der Waals surface area contributed by atoms with E-state index in [2.05, 4.69) is 46.9 Å². The predicted octanol–water partition coefficient (Wildman–Crippen LogP) is 5.62. The van der Waals surface area contributed by atoms with E-state index in [9.17, 15) is 4.79 Å². The molecule has 3 nitrogen and oxygen atoms in total. The van der Waals surface area contributed by atoms with Crippen LogP contribution in [0.1, 0.15) is 106 Å². The topological polar surface area (TPSA) is 38.3 Å². The summed E-state index contributed by atoms with van der Waals surface area (Å²) in [4.78, 5) is 11.5. The molecule has 0 bridgehead atoms. The molecule has 0 aromatic rings. The minimum absolute atomic E-state index is 0.127. The smallest absolute Gasteiger partial charge is 0.220 e. The zero-order chi connectivity index (χ0) is 18.2. The first-order valence-corrected chi connectivity index (χ1v) is 10.1. The number of hydrogen-bond acceptors (Lipinski definition) is 2. The van der Waals surface area contributed by atoms with Crippen LogP contribution in [0.3, 0.4) is 0 Å². The summed E-state index contributed by atoms with van der Waals surface area (Å²) in [6.07, 6.45) is 12.2. The van der Waals surface area contributed by atoms with Crippen LogP contribution >= 0.6 is 0 Å². The lowest BCUT2D eigenvalue weighted by atomic mass is 9.84. The van der Waals surface area contributed by atoms with Crippen LogP contribution in [0, 0.1) is 5.41 Å². The highest BCUT2D eigenvalue weighted by Gasteiger charge is 2.39. The number of ether oxygens (including phenoxy) is 1. The lowest BCUT2D eigenvalue weighted by Crippen LogP contribution is -2.50. The van der Waals surface area contributed by atoms with Gasteiger partial charge in [0.2, 0.25) is 5.91 Å². The number of carbonyl (C=O) groups is 1. The molecule has 0 saturated carbocycles. The molecule has 3 heteroatoms. The van der Waals surface area contributed by atoms with Gasteiger partial charge in [0.1, 0.15) is 0 Å². The normalized spacial score (nSPS) is 20.2. The minimum atomic E-state index is -0.300. The van der Waals surface area contributed by atoms with E-state index in [-0.39, 0.29) is 29.1 Å². The SMILES string of the molecule is CCCCCCCCCC(OC(C)(C)[C@@H]1CCC(=O)N1)C(C)(C)C. The van der Waals surface area contributed by atoms with Gasteiger partial charge in [-0.15, -0.1) is 0 Å². The Morgan fingerprint density at radius 3 is 2.12 bits per heavy atom. The molecule has 1 unspecified atom stereocenters. The van der Waals surface area contributed by atoms with Gasteiger partial charge in [0, 0.05) is 6.42 Å². The van der Waals surface area contributed by atoms with E-state index in [1.165, 1.54) is 44.9 Å². The molecule has 1 saturated heterocycles. The summed E-state index contributed by atoms with van der Waals surface area (Å²) >= 11 is 0. The molecule has 2 atom stereocenters. The van der Waals surface area contributed by atoms with Gasteiger partial charge < -0.3 is 10.1 Å². The van der Waals surface area contributed by atoms with Crippen molar-refractivity contribution in [3.05, 3.63) is 0 Å². The summed E-state index contributed by atoms with van der Waals surface area (Å²) in [7, 11) is 0. The van der Waals surface area contributed by atoms with Crippen LogP contribution in [0.5, 0.6) is 0 Å². The highest BCUT2D eigenvalue weighted by molar-refractivity contribution is 5.78. The van der Waals surface area contributed by atoms with Crippen molar-refractivity contribution in [2.75, 3.05) is 0 Å². The molecule has 24 heavy (non-hydrogen) atoms. The molecule has 0 aromatic carbocycles. The molecule has 1 fully saturated rings. The first-order chi connectivity index (χ1) is 11.2. The summed E-state index contributed by atoms with van der Waals surface area (Å²) < 4.78 is 6.57. The van der Waals surface area contributed by atoms with Crippen LogP contribution < -0.4 is 5.32 Å². The molecule has 1 amide bonds. The van der Waals surface area contributed by atoms with Crippen LogP contribution in [0.15, 0.2) is 0 Å². The molecule has 1 heterocycles. The van der Waals surface area contributed by atoms with Gasteiger partial charge in [0.05, 0.1) is 17.7 Å². The largest absolute Gasteiger partial charge is 0.370 e. The van der Waals surface area contributed by atoms with Crippen molar-refractivity contribution in [2.24, 2.45) is 5.41 Å². The quantitative estimate of drug-likeness (QED) is 0.496. The second kappa shape index (κ2) is 9.79. The van der Waals surface area contributed by atoms with Gasteiger partial charge in [-0.3, -0.25) is 4.79 Å². The molecule has 1 rings (SSSR count). The van der Waals surface area contributed by atoms with E-state index in [0.29, 0.717) is 6.42 Å². The van der Waals surface area contributed by atoms with Crippen LogP contribution in [0.2, 0.25) is 0 Å². The Kier molecular flexibility index (Phi) is 8.76. The zero-order valence-electron chi connectivity index (χ0n) is 17.0. The van der Waals surface area contributed by atoms with Crippen molar-refractivity contribution >= 4 is 5.91 Å². The predicted molar refractivity (Wildman–Crippen MR) is 102 cm³/mol. The highest BCUT2D eigenvalue weighted by atomic mass is 16.5. The molecule has 0 aromatic heterocycles. The molecule has 0 aliphatic carbocycles. The summed E-state index contributed by atoms with van der Waals surface area (Å²) in [5.41, 5.74) is -0.173. The lowest BCUT2D eigenvalue weighted by Gasteiger charge is -2.41. The van der Waals surface area contributed by atoms with Crippen molar-refractivity contribution in [2.45, 2.75) is 123 Å². The Morgan fingerprint density at radius 1 is 1.04 bits per heavy atom. The van der Waals surface area contributed by atoms with Crippen LogP contribution in [0.25, 0.3) is 0 Å². The van der Waals surface area contributed by atoms with Gasteiger partial charge in [-0.25, -0.2) is 0 Å². The summed E-state index contributed by atoms with van der Waals surface area (Å²) in [6, 6.07) is 0.142. The average molecular weight is 340 g/mol. The van der Waals surface area contributed by atoms with Crippen LogP contribution in [-0.2, 0) is 9.53 Å². The minimum Gasteiger partial charge on any atom is -0.370 e.